The van der Waals surface area contributed by atoms with Crippen molar-refractivity contribution in [2.75, 3.05) is 12.3 Å². The summed E-state index contributed by atoms with van der Waals surface area (Å²) in [5.41, 5.74) is 8.25. The number of rotatable bonds is 6. The van der Waals surface area contributed by atoms with Crippen LogP contribution in [0.3, 0.4) is 0 Å². The molecule has 3 N–H and O–H groups in total. The fourth-order valence-corrected chi connectivity index (χ4v) is 2.18. The van der Waals surface area contributed by atoms with Crippen LogP contribution in [-0.4, -0.2) is 18.7 Å². The van der Waals surface area contributed by atoms with Gasteiger partial charge in [0.25, 0.3) is 0 Å². The van der Waals surface area contributed by atoms with Crippen molar-refractivity contribution < 1.29 is 22.7 Å². The van der Waals surface area contributed by atoms with Crippen LogP contribution in [0.15, 0.2) is 42.5 Å². The van der Waals surface area contributed by atoms with E-state index in [0.717, 1.165) is 11.1 Å². The summed E-state index contributed by atoms with van der Waals surface area (Å²) in [7, 11) is 0. The summed E-state index contributed by atoms with van der Waals surface area (Å²) in [5.74, 6) is -0.128. The smallest absolute Gasteiger partial charge is 0.422 e. The van der Waals surface area contributed by atoms with E-state index in [1.54, 1.807) is 43.3 Å². The van der Waals surface area contributed by atoms with Gasteiger partial charge in [-0.1, -0.05) is 24.3 Å². The number of hydrogen-bond acceptors (Lipinski definition) is 3. The topological polar surface area (TPSA) is 64.4 Å². The molecule has 1 amide bonds. The van der Waals surface area contributed by atoms with Crippen molar-refractivity contribution in [3.63, 3.8) is 0 Å². The molecule has 7 heteroatoms. The van der Waals surface area contributed by atoms with E-state index in [-0.39, 0.29) is 24.6 Å². The molecule has 0 aliphatic rings. The third kappa shape index (κ3) is 6.37. The minimum absolute atomic E-state index is 0.0846. The van der Waals surface area contributed by atoms with E-state index in [4.69, 9.17) is 10.5 Å². The largest absolute Gasteiger partial charge is 0.484 e. The highest BCUT2D eigenvalue weighted by molar-refractivity contribution is 5.78. The average Bonchev–Trinajstić information content (AvgIpc) is 2.53. The Kier molecular flexibility index (Phi) is 5.90. The molecule has 2 aromatic rings. The molecule has 2 aromatic carbocycles. The van der Waals surface area contributed by atoms with Crippen molar-refractivity contribution in [3.05, 3.63) is 59.2 Å². The Hall–Kier alpha value is -2.70. The van der Waals surface area contributed by atoms with Crippen molar-refractivity contribution in [2.45, 2.75) is 26.1 Å². The van der Waals surface area contributed by atoms with Crippen molar-refractivity contribution in [1.82, 2.24) is 5.32 Å². The van der Waals surface area contributed by atoms with Crippen LogP contribution in [0.2, 0.25) is 0 Å². The molecule has 0 unspecified atom stereocenters. The molecule has 0 spiro atoms. The Morgan fingerprint density at radius 1 is 1.16 bits per heavy atom. The van der Waals surface area contributed by atoms with Crippen LogP contribution in [0.5, 0.6) is 5.75 Å². The predicted molar refractivity (Wildman–Crippen MR) is 89.1 cm³/mol. The molecular formula is C18H19F3N2O2. The number of amides is 1. The van der Waals surface area contributed by atoms with Gasteiger partial charge < -0.3 is 15.8 Å². The number of ether oxygens (including phenoxy) is 1. The van der Waals surface area contributed by atoms with Gasteiger partial charge in [-0.2, -0.15) is 13.2 Å². The third-order valence-electron chi connectivity index (χ3n) is 3.43. The Morgan fingerprint density at radius 2 is 1.84 bits per heavy atom. The van der Waals surface area contributed by atoms with Gasteiger partial charge in [0.05, 0.1) is 6.42 Å². The number of nitrogens with one attached hydrogen (secondary N) is 1. The Bertz CT molecular complexity index is 728. The van der Waals surface area contributed by atoms with Gasteiger partial charge in [0.2, 0.25) is 5.91 Å². The number of aryl methyl sites for hydroxylation is 1. The maximum atomic E-state index is 12.4. The molecule has 4 nitrogen and oxygen atoms in total. The van der Waals surface area contributed by atoms with Gasteiger partial charge in [0.1, 0.15) is 5.75 Å². The third-order valence-corrected chi connectivity index (χ3v) is 3.43. The van der Waals surface area contributed by atoms with E-state index < -0.39 is 12.8 Å². The van der Waals surface area contributed by atoms with E-state index in [1.807, 2.05) is 0 Å². The maximum absolute atomic E-state index is 12.4. The summed E-state index contributed by atoms with van der Waals surface area (Å²) in [4.78, 5) is 12.0. The molecule has 0 saturated heterocycles. The lowest BCUT2D eigenvalue weighted by Gasteiger charge is -2.14. The molecule has 0 radical (unpaired) electrons. The molecule has 25 heavy (non-hydrogen) atoms. The highest BCUT2D eigenvalue weighted by Gasteiger charge is 2.28. The number of alkyl halides is 3. The number of nitrogen functional groups attached to an aromatic ring is 1. The van der Waals surface area contributed by atoms with E-state index in [9.17, 15) is 18.0 Å². The van der Waals surface area contributed by atoms with E-state index in [1.165, 1.54) is 6.07 Å². The number of carbonyl (C=O) groups excluding carboxylic acids is 1. The van der Waals surface area contributed by atoms with E-state index in [2.05, 4.69) is 5.32 Å². The number of anilines is 1. The van der Waals surface area contributed by atoms with Gasteiger partial charge in [-0.05, 0) is 36.2 Å². The van der Waals surface area contributed by atoms with Gasteiger partial charge in [0, 0.05) is 17.8 Å². The summed E-state index contributed by atoms with van der Waals surface area (Å²) in [5, 5.41) is 2.69. The number of benzene rings is 2. The van der Waals surface area contributed by atoms with Gasteiger partial charge in [-0.15, -0.1) is 0 Å². The molecule has 0 aliphatic heterocycles. The van der Waals surface area contributed by atoms with Crippen LogP contribution in [0.25, 0.3) is 0 Å². The van der Waals surface area contributed by atoms with Gasteiger partial charge in [0.15, 0.2) is 6.61 Å². The summed E-state index contributed by atoms with van der Waals surface area (Å²) in [6.45, 7) is 0.466. The predicted octanol–water partition coefficient (Wildman–Crippen LogP) is 3.38. The average molecular weight is 352 g/mol. The zero-order valence-corrected chi connectivity index (χ0v) is 13.7. The first-order chi connectivity index (χ1) is 11.7. The van der Waals surface area contributed by atoms with E-state index in [0.29, 0.717) is 11.3 Å². The first kappa shape index (κ1) is 18.6. The summed E-state index contributed by atoms with van der Waals surface area (Å²) < 4.78 is 41.9. The molecule has 2 rings (SSSR count). The molecule has 0 heterocycles. The molecule has 0 fully saturated rings. The highest BCUT2D eigenvalue weighted by atomic mass is 19.4. The lowest BCUT2D eigenvalue weighted by molar-refractivity contribution is -0.153. The zero-order valence-electron chi connectivity index (χ0n) is 13.7. The molecule has 0 aliphatic carbocycles. The van der Waals surface area contributed by atoms with Crippen molar-refractivity contribution in [2.24, 2.45) is 0 Å². The van der Waals surface area contributed by atoms with Gasteiger partial charge in [-0.3, -0.25) is 4.79 Å². The van der Waals surface area contributed by atoms with Crippen LogP contribution in [0.1, 0.15) is 16.7 Å². The fraction of sp³-hybridized carbons (Fsp3) is 0.278. The quantitative estimate of drug-likeness (QED) is 0.784. The molecule has 0 atom stereocenters. The monoisotopic (exact) mass is 352 g/mol. The Morgan fingerprint density at radius 3 is 2.48 bits per heavy atom. The second-order valence-electron chi connectivity index (χ2n) is 5.71. The van der Waals surface area contributed by atoms with Crippen molar-refractivity contribution in [3.8, 4) is 5.75 Å². The number of carbonyl (C=O) groups is 1. The molecular weight excluding hydrogens is 333 g/mol. The number of hydrogen-bond donors (Lipinski definition) is 2. The van der Waals surface area contributed by atoms with Crippen LogP contribution < -0.4 is 15.8 Å². The SMILES string of the molecule is Cc1ccc(CNC(=O)Cc2ccc(N)cc2)c(OCC(F)(F)F)c1. The summed E-state index contributed by atoms with van der Waals surface area (Å²) in [6, 6.07) is 11.8. The van der Waals surface area contributed by atoms with Crippen LogP contribution in [0.4, 0.5) is 18.9 Å². The van der Waals surface area contributed by atoms with E-state index >= 15 is 0 Å². The Balaban J connectivity index is 1.97. The number of halogens is 3. The van der Waals surface area contributed by atoms with Crippen molar-refractivity contribution in [1.29, 1.82) is 0 Å². The lowest BCUT2D eigenvalue weighted by Crippen LogP contribution is -2.25. The molecule has 0 saturated carbocycles. The molecule has 0 aromatic heterocycles. The standard InChI is InChI=1S/C18H19F3N2O2/c1-12-2-5-14(16(8-12)25-11-18(19,20)21)10-23-17(24)9-13-3-6-15(22)7-4-13/h2-8H,9-11,22H2,1H3,(H,23,24). The lowest BCUT2D eigenvalue weighted by atomic mass is 10.1. The summed E-state index contributed by atoms with van der Waals surface area (Å²) in [6.07, 6.45) is -4.26. The second kappa shape index (κ2) is 7.92. The first-order valence-corrected chi connectivity index (χ1v) is 7.63. The minimum atomic E-state index is -4.42. The van der Waals surface area contributed by atoms with Crippen LogP contribution in [-0.2, 0) is 17.8 Å². The fourth-order valence-electron chi connectivity index (χ4n) is 2.18. The second-order valence-corrected chi connectivity index (χ2v) is 5.71. The molecule has 134 valence electrons. The summed E-state index contributed by atoms with van der Waals surface area (Å²) >= 11 is 0. The van der Waals surface area contributed by atoms with Crippen LogP contribution in [0, 0.1) is 6.92 Å². The maximum Gasteiger partial charge on any atom is 0.422 e. The minimum Gasteiger partial charge on any atom is -0.484 e. The van der Waals surface area contributed by atoms with Crippen molar-refractivity contribution >= 4 is 11.6 Å². The van der Waals surface area contributed by atoms with Gasteiger partial charge in [-0.25, -0.2) is 0 Å². The zero-order chi connectivity index (χ0) is 18.4. The highest BCUT2D eigenvalue weighted by Crippen LogP contribution is 2.23. The normalized spacial score (nSPS) is 11.2. The molecule has 0 bridgehead atoms. The van der Waals surface area contributed by atoms with Gasteiger partial charge >= 0.3 is 6.18 Å². The first-order valence-electron chi connectivity index (χ1n) is 7.63. The van der Waals surface area contributed by atoms with Crippen LogP contribution >= 0.6 is 0 Å². The Labute approximate surface area is 143 Å². The number of nitrogens with two attached hydrogens (primary N) is 1.